The molecular formula is C9H7ClN2O5. The van der Waals surface area contributed by atoms with Crippen molar-refractivity contribution in [3.63, 3.8) is 0 Å². The highest BCUT2D eigenvalue weighted by molar-refractivity contribution is 6.32. The van der Waals surface area contributed by atoms with Gasteiger partial charge in [0.1, 0.15) is 11.4 Å². The Morgan fingerprint density at radius 2 is 2.12 bits per heavy atom. The standard InChI is InChI=1S/C9H7ClN2O5/c10-6-2-1-5(3-7(6)12(16)17)11-8(13)4-9(14)15/h1-3H,4H2,(H,11,13)(H,14,15). The monoisotopic (exact) mass is 258 g/mol. The second-order valence-corrected chi connectivity index (χ2v) is 3.45. The molecule has 0 unspecified atom stereocenters. The van der Waals surface area contributed by atoms with Gasteiger partial charge in [0.15, 0.2) is 0 Å². The van der Waals surface area contributed by atoms with Gasteiger partial charge in [0, 0.05) is 11.8 Å². The van der Waals surface area contributed by atoms with Gasteiger partial charge in [0.25, 0.3) is 5.69 Å². The van der Waals surface area contributed by atoms with Gasteiger partial charge in [0.2, 0.25) is 5.91 Å². The molecule has 0 aromatic heterocycles. The SMILES string of the molecule is O=C(O)CC(=O)Nc1ccc(Cl)c([N+](=O)[O-])c1. The molecule has 0 fully saturated rings. The molecule has 2 N–H and O–H groups in total. The van der Waals surface area contributed by atoms with Crippen LogP contribution in [-0.4, -0.2) is 21.9 Å². The number of benzene rings is 1. The fraction of sp³-hybridized carbons (Fsp3) is 0.111. The van der Waals surface area contributed by atoms with E-state index in [0.29, 0.717) is 0 Å². The normalized spacial score (nSPS) is 9.71. The van der Waals surface area contributed by atoms with Crippen molar-refractivity contribution in [1.82, 2.24) is 0 Å². The van der Waals surface area contributed by atoms with Crippen LogP contribution in [0, 0.1) is 10.1 Å². The van der Waals surface area contributed by atoms with Crippen molar-refractivity contribution in [2.45, 2.75) is 6.42 Å². The average molecular weight is 259 g/mol. The fourth-order valence-electron chi connectivity index (χ4n) is 1.07. The second-order valence-electron chi connectivity index (χ2n) is 3.04. The molecule has 1 rings (SSSR count). The van der Waals surface area contributed by atoms with Gasteiger partial charge in [-0.3, -0.25) is 19.7 Å². The molecule has 0 radical (unpaired) electrons. The quantitative estimate of drug-likeness (QED) is 0.485. The Bertz CT molecular complexity index is 488. The minimum Gasteiger partial charge on any atom is -0.481 e. The molecule has 1 amide bonds. The third kappa shape index (κ3) is 3.72. The first-order valence-electron chi connectivity index (χ1n) is 4.35. The van der Waals surface area contributed by atoms with Gasteiger partial charge in [-0.15, -0.1) is 0 Å². The number of aliphatic carboxylic acids is 1. The zero-order valence-corrected chi connectivity index (χ0v) is 9.10. The van der Waals surface area contributed by atoms with Crippen LogP contribution in [0.1, 0.15) is 6.42 Å². The van der Waals surface area contributed by atoms with Crippen LogP contribution in [0.4, 0.5) is 11.4 Å². The van der Waals surface area contributed by atoms with Crippen molar-refractivity contribution in [3.8, 4) is 0 Å². The number of nitrogens with one attached hydrogen (secondary N) is 1. The number of halogens is 1. The largest absolute Gasteiger partial charge is 0.481 e. The van der Waals surface area contributed by atoms with Crippen LogP contribution in [0.3, 0.4) is 0 Å². The highest BCUT2D eigenvalue weighted by Gasteiger charge is 2.14. The van der Waals surface area contributed by atoms with Gasteiger partial charge in [-0.05, 0) is 12.1 Å². The number of hydrogen-bond donors (Lipinski definition) is 2. The van der Waals surface area contributed by atoms with E-state index in [0.717, 1.165) is 6.07 Å². The van der Waals surface area contributed by atoms with E-state index in [-0.39, 0.29) is 16.4 Å². The van der Waals surface area contributed by atoms with Crippen molar-refractivity contribution in [3.05, 3.63) is 33.3 Å². The molecule has 0 saturated carbocycles. The molecular weight excluding hydrogens is 252 g/mol. The topological polar surface area (TPSA) is 110 Å². The van der Waals surface area contributed by atoms with Gasteiger partial charge in [-0.25, -0.2) is 0 Å². The van der Waals surface area contributed by atoms with E-state index in [2.05, 4.69) is 5.32 Å². The molecule has 90 valence electrons. The first kappa shape index (κ1) is 12.9. The van der Waals surface area contributed by atoms with Crippen LogP contribution in [0.15, 0.2) is 18.2 Å². The maximum atomic E-state index is 11.1. The number of hydrogen-bond acceptors (Lipinski definition) is 4. The summed E-state index contributed by atoms with van der Waals surface area (Å²) < 4.78 is 0. The van der Waals surface area contributed by atoms with E-state index in [1.54, 1.807) is 0 Å². The van der Waals surface area contributed by atoms with Crippen molar-refractivity contribution in [1.29, 1.82) is 0 Å². The number of amides is 1. The van der Waals surface area contributed by atoms with Crippen LogP contribution in [0.2, 0.25) is 5.02 Å². The van der Waals surface area contributed by atoms with Crippen LogP contribution < -0.4 is 5.32 Å². The Hall–Kier alpha value is -2.15. The van der Waals surface area contributed by atoms with E-state index >= 15 is 0 Å². The van der Waals surface area contributed by atoms with Gasteiger partial charge >= 0.3 is 5.97 Å². The average Bonchev–Trinajstić information content (AvgIpc) is 2.19. The molecule has 0 aliphatic heterocycles. The number of nitro groups is 1. The van der Waals surface area contributed by atoms with Crippen molar-refractivity contribution in [2.24, 2.45) is 0 Å². The molecule has 8 heteroatoms. The minimum absolute atomic E-state index is 0.0637. The third-order valence-electron chi connectivity index (χ3n) is 1.74. The minimum atomic E-state index is -1.29. The molecule has 1 aromatic rings. The Morgan fingerprint density at radius 1 is 1.47 bits per heavy atom. The Balaban J connectivity index is 2.86. The van der Waals surface area contributed by atoms with Crippen molar-refractivity contribution >= 4 is 34.9 Å². The maximum Gasteiger partial charge on any atom is 0.312 e. The van der Waals surface area contributed by atoms with E-state index in [1.165, 1.54) is 12.1 Å². The van der Waals surface area contributed by atoms with Crippen molar-refractivity contribution < 1.29 is 19.6 Å². The zero-order chi connectivity index (χ0) is 13.0. The summed E-state index contributed by atoms with van der Waals surface area (Å²) in [5.74, 6) is -2.06. The summed E-state index contributed by atoms with van der Waals surface area (Å²) in [5, 5.41) is 21.1. The number of anilines is 1. The van der Waals surface area contributed by atoms with Gasteiger partial charge in [0.05, 0.1) is 4.92 Å². The van der Waals surface area contributed by atoms with E-state index in [4.69, 9.17) is 16.7 Å². The lowest BCUT2D eigenvalue weighted by Crippen LogP contribution is -2.15. The molecule has 1 aromatic carbocycles. The number of nitro benzene ring substituents is 1. The Kier molecular flexibility index (Phi) is 4.00. The second kappa shape index (κ2) is 5.26. The summed E-state index contributed by atoms with van der Waals surface area (Å²) in [5.41, 5.74) is -0.243. The number of rotatable bonds is 4. The lowest BCUT2D eigenvalue weighted by Gasteiger charge is -2.03. The van der Waals surface area contributed by atoms with E-state index < -0.39 is 23.2 Å². The summed E-state index contributed by atoms with van der Waals surface area (Å²) in [6, 6.07) is 3.65. The molecule has 0 atom stereocenters. The van der Waals surface area contributed by atoms with Crippen LogP contribution in [0.25, 0.3) is 0 Å². The van der Waals surface area contributed by atoms with Gasteiger partial charge in [-0.2, -0.15) is 0 Å². The molecule has 0 spiro atoms. The molecule has 0 heterocycles. The van der Waals surface area contributed by atoms with Gasteiger partial charge in [-0.1, -0.05) is 11.6 Å². The van der Waals surface area contributed by atoms with Crippen LogP contribution >= 0.6 is 11.6 Å². The molecule has 7 nitrogen and oxygen atoms in total. The third-order valence-corrected chi connectivity index (χ3v) is 2.06. The predicted octanol–water partition coefficient (Wildman–Crippen LogP) is 1.66. The van der Waals surface area contributed by atoms with Gasteiger partial charge < -0.3 is 10.4 Å². The molecule has 0 aliphatic carbocycles. The first-order chi connectivity index (χ1) is 7.90. The molecule has 0 bridgehead atoms. The number of carbonyl (C=O) groups is 2. The van der Waals surface area contributed by atoms with E-state index in [9.17, 15) is 19.7 Å². The van der Waals surface area contributed by atoms with Crippen molar-refractivity contribution in [2.75, 3.05) is 5.32 Å². The smallest absolute Gasteiger partial charge is 0.312 e. The summed E-state index contributed by atoms with van der Waals surface area (Å²) in [6.45, 7) is 0. The lowest BCUT2D eigenvalue weighted by atomic mass is 10.2. The fourth-order valence-corrected chi connectivity index (χ4v) is 1.26. The first-order valence-corrected chi connectivity index (χ1v) is 4.73. The number of carbonyl (C=O) groups excluding carboxylic acids is 1. The molecule has 0 saturated heterocycles. The summed E-state index contributed by atoms with van der Waals surface area (Å²) in [7, 11) is 0. The lowest BCUT2D eigenvalue weighted by molar-refractivity contribution is -0.384. The highest BCUT2D eigenvalue weighted by Crippen LogP contribution is 2.27. The van der Waals surface area contributed by atoms with E-state index in [1.807, 2.05) is 0 Å². The molecule has 17 heavy (non-hydrogen) atoms. The summed E-state index contributed by atoms with van der Waals surface area (Å²) >= 11 is 5.56. The highest BCUT2D eigenvalue weighted by atomic mass is 35.5. The predicted molar refractivity (Wildman–Crippen MR) is 59.0 cm³/mol. The molecule has 0 aliphatic rings. The maximum absolute atomic E-state index is 11.1. The van der Waals surface area contributed by atoms with Crippen LogP contribution in [-0.2, 0) is 9.59 Å². The zero-order valence-electron chi connectivity index (χ0n) is 8.34. The number of nitrogens with zero attached hydrogens (tertiary/aromatic N) is 1. The van der Waals surface area contributed by atoms with Crippen LogP contribution in [0.5, 0.6) is 0 Å². The Labute approximate surface area is 100 Å². The summed E-state index contributed by atoms with van der Waals surface area (Å²) in [6.07, 6.45) is -0.712. The number of carboxylic acids is 1. The summed E-state index contributed by atoms with van der Waals surface area (Å²) in [4.78, 5) is 31.2. The number of carboxylic acid groups (broad SMARTS) is 1. The Morgan fingerprint density at radius 3 is 2.65 bits per heavy atom.